The number of halogens is 3. The lowest BCUT2D eigenvalue weighted by Crippen LogP contribution is -2.27. The van der Waals surface area contributed by atoms with Gasteiger partial charge < -0.3 is 9.15 Å². The van der Waals surface area contributed by atoms with E-state index in [1.807, 2.05) is 0 Å². The van der Waals surface area contributed by atoms with Gasteiger partial charge in [0.2, 0.25) is 0 Å². The molecule has 168 valence electrons. The number of nitrogens with zero attached hydrogens (tertiary/aromatic N) is 1. The number of amides is 1. The number of benzene rings is 2. The van der Waals surface area contributed by atoms with Gasteiger partial charge in [-0.25, -0.2) is 4.79 Å². The molecule has 1 aliphatic heterocycles. The molecule has 1 amide bonds. The first-order chi connectivity index (χ1) is 15.7. The number of alkyl halides is 3. The first-order valence-corrected chi connectivity index (χ1v) is 10.6. The average Bonchev–Trinajstić information content (AvgIpc) is 3.37. The van der Waals surface area contributed by atoms with E-state index in [9.17, 15) is 22.8 Å². The van der Waals surface area contributed by atoms with Crippen molar-refractivity contribution < 1.29 is 31.9 Å². The molecule has 2 heterocycles. The number of hydrogen-bond acceptors (Lipinski definition) is 6. The number of furan rings is 1. The molecule has 1 aliphatic rings. The average molecular weight is 489 g/mol. The highest BCUT2D eigenvalue weighted by Gasteiger charge is 2.36. The van der Waals surface area contributed by atoms with Gasteiger partial charge in [0.25, 0.3) is 5.91 Å². The first-order valence-electron chi connectivity index (χ1n) is 9.41. The minimum atomic E-state index is -4.54. The van der Waals surface area contributed by atoms with Gasteiger partial charge in [0.05, 0.1) is 28.8 Å². The summed E-state index contributed by atoms with van der Waals surface area (Å²) >= 11 is 6.21. The van der Waals surface area contributed by atoms with Crippen LogP contribution in [0.2, 0.25) is 0 Å². The third kappa shape index (κ3) is 4.71. The van der Waals surface area contributed by atoms with Crippen LogP contribution >= 0.6 is 24.0 Å². The van der Waals surface area contributed by atoms with Crippen LogP contribution in [0.4, 0.5) is 18.9 Å². The van der Waals surface area contributed by atoms with E-state index >= 15 is 0 Å². The number of anilines is 1. The molecule has 0 N–H and O–H groups in total. The topological polar surface area (TPSA) is 59.8 Å². The van der Waals surface area contributed by atoms with Crippen molar-refractivity contribution in [2.75, 3.05) is 12.0 Å². The Kier molecular flexibility index (Phi) is 6.13. The Morgan fingerprint density at radius 2 is 1.85 bits per heavy atom. The maximum atomic E-state index is 13.0. The van der Waals surface area contributed by atoms with Crippen LogP contribution in [0.1, 0.15) is 21.7 Å². The molecule has 0 atom stereocenters. The number of hydrogen-bond donors (Lipinski definition) is 0. The van der Waals surface area contributed by atoms with E-state index in [1.165, 1.54) is 25.3 Å². The normalized spacial score (nSPS) is 15.4. The molecule has 3 aromatic rings. The second kappa shape index (κ2) is 8.87. The summed E-state index contributed by atoms with van der Waals surface area (Å²) in [5.74, 6) is -0.119. The fourth-order valence-electron chi connectivity index (χ4n) is 3.11. The lowest BCUT2D eigenvalue weighted by atomic mass is 10.1. The Labute approximate surface area is 195 Å². The van der Waals surface area contributed by atoms with E-state index < -0.39 is 23.6 Å². The molecule has 0 unspecified atom stereocenters. The van der Waals surface area contributed by atoms with Crippen molar-refractivity contribution in [1.82, 2.24) is 0 Å². The number of esters is 1. The fraction of sp³-hybridized carbons (Fsp3) is 0.0870. The van der Waals surface area contributed by atoms with E-state index in [0.717, 1.165) is 28.8 Å². The van der Waals surface area contributed by atoms with Crippen molar-refractivity contribution >= 4 is 51.9 Å². The Morgan fingerprint density at radius 1 is 1.12 bits per heavy atom. The number of carbonyl (C=O) groups is 2. The van der Waals surface area contributed by atoms with Gasteiger partial charge in [-0.05, 0) is 42.5 Å². The summed E-state index contributed by atoms with van der Waals surface area (Å²) in [7, 11) is 1.30. The molecule has 1 saturated heterocycles. The lowest BCUT2D eigenvalue weighted by molar-refractivity contribution is -0.137. The van der Waals surface area contributed by atoms with Crippen LogP contribution in [0.5, 0.6) is 0 Å². The van der Waals surface area contributed by atoms with Crippen molar-refractivity contribution in [2.45, 2.75) is 6.18 Å². The molecule has 0 bridgehead atoms. The van der Waals surface area contributed by atoms with E-state index in [2.05, 4.69) is 4.74 Å². The molecule has 2 aromatic carbocycles. The van der Waals surface area contributed by atoms with Gasteiger partial charge in [-0.1, -0.05) is 42.2 Å². The van der Waals surface area contributed by atoms with Gasteiger partial charge in [-0.3, -0.25) is 9.69 Å². The molecule has 10 heteroatoms. The lowest BCUT2D eigenvalue weighted by Gasteiger charge is -2.16. The van der Waals surface area contributed by atoms with Gasteiger partial charge in [-0.2, -0.15) is 13.2 Å². The highest BCUT2D eigenvalue weighted by atomic mass is 32.2. The maximum absolute atomic E-state index is 13.0. The van der Waals surface area contributed by atoms with E-state index in [4.69, 9.17) is 16.6 Å². The van der Waals surface area contributed by atoms with Gasteiger partial charge in [0.15, 0.2) is 4.32 Å². The van der Waals surface area contributed by atoms with Gasteiger partial charge in [0.1, 0.15) is 11.5 Å². The summed E-state index contributed by atoms with van der Waals surface area (Å²) in [6.07, 6.45) is -3.05. The molecule has 0 radical (unpaired) electrons. The van der Waals surface area contributed by atoms with Crippen LogP contribution in [0.25, 0.3) is 17.4 Å². The molecule has 0 spiro atoms. The minimum Gasteiger partial charge on any atom is -0.465 e. The third-order valence-corrected chi connectivity index (χ3v) is 6.02. The van der Waals surface area contributed by atoms with Crippen molar-refractivity contribution in [3.05, 3.63) is 82.5 Å². The standard InChI is InChI=1S/C23H14F3NO4S2/c1-30-21(29)14-7-5-13(6-8-14)18-10-9-17(31-18)12-19-20(28)27(22(32)33-19)16-4-2-3-15(11-16)23(24,25)26/h2-12H,1H3/b19-12+. The quantitative estimate of drug-likeness (QED) is 0.249. The van der Waals surface area contributed by atoms with Crippen LogP contribution in [0, 0.1) is 0 Å². The molecular formula is C23H14F3NO4S2. The SMILES string of the molecule is COC(=O)c1ccc(-c2ccc(/C=C3/SC(=S)N(c4cccc(C(F)(F)F)c4)C3=O)o2)cc1. The van der Waals surface area contributed by atoms with Crippen LogP contribution in [0.3, 0.4) is 0 Å². The van der Waals surface area contributed by atoms with Gasteiger partial charge in [0, 0.05) is 11.6 Å². The van der Waals surface area contributed by atoms with Crippen molar-refractivity contribution in [1.29, 1.82) is 0 Å². The zero-order valence-electron chi connectivity index (χ0n) is 16.9. The van der Waals surface area contributed by atoms with Gasteiger partial charge >= 0.3 is 12.1 Å². The van der Waals surface area contributed by atoms with Crippen LogP contribution in [0.15, 0.2) is 70.0 Å². The Balaban J connectivity index is 1.56. The summed E-state index contributed by atoms with van der Waals surface area (Å²) in [6, 6.07) is 14.4. The Hall–Kier alpha value is -3.37. The predicted octanol–water partition coefficient (Wildman–Crippen LogP) is 6.16. The van der Waals surface area contributed by atoms with Gasteiger partial charge in [-0.15, -0.1) is 0 Å². The number of thioether (sulfide) groups is 1. The molecule has 4 rings (SSSR count). The summed E-state index contributed by atoms with van der Waals surface area (Å²) in [6.45, 7) is 0. The van der Waals surface area contributed by atoms with E-state index in [-0.39, 0.29) is 14.9 Å². The number of carbonyl (C=O) groups excluding carboxylic acids is 2. The molecule has 5 nitrogen and oxygen atoms in total. The first kappa shape index (κ1) is 22.8. The van der Waals surface area contributed by atoms with E-state index in [0.29, 0.717) is 22.6 Å². The largest absolute Gasteiger partial charge is 0.465 e. The second-order valence-electron chi connectivity index (χ2n) is 6.84. The zero-order valence-corrected chi connectivity index (χ0v) is 18.5. The maximum Gasteiger partial charge on any atom is 0.416 e. The summed E-state index contributed by atoms with van der Waals surface area (Å²) in [5, 5.41) is 0. The van der Waals surface area contributed by atoms with Crippen LogP contribution < -0.4 is 4.90 Å². The highest BCUT2D eigenvalue weighted by molar-refractivity contribution is 8.27. The van der Waals surface area contributed by atoms with Crippen LogP contribution in [-0.2, 0) is 15.7 Å². The number of thiocarbonyl (C=S) groups is 1. The second-order valence-corrected chi connectivity index (χ2v) is 8.51. The molecule has 0 saturated carbocycles. The van der Waals surface area contributed by atoms with Crippen LogP contribution in [-0.4, -0.2) is 23.3 Å². The zero-order chi connectivity index (χ0) is 23.8. The summed E-state index contributed by atoms with van der Waals surface area (Å²) in [5.41, 5.74) is 0.276. The molecule has 1 aromatic heterocycles. The molecule has 1 fully saturated rings. The fourth-order valence-corrected chi connectivity index (χ4v) is 4.39. The number of ether oxygens (including phenoxy) is 1. The van der Waals surface area contributed by atoms with Crippen molar-refractivity contribution in [3.8, 4) is 11.3 Å². The summed E-state index contributed by atoms with van der Waals surface area (Å²) < 4.78 is 49.7. The third-order valence-electron chi connectivity index (χ3n) is 4.72. The van der Waals surface area contributed by atoms with E-state index in [1.54, 1.807) is 36.4 Å². The van der Waals surface area contributed by atoms with Crippen molar-refractivity contribution in [3.63, 3.8) is 0 Å². The minimum absolute atomic E-state index is 0.0431. The summed E-state index contributed by atoms with van der Waals surface area (Å²) in [4.78, 5) is 25.7. The molecule has 0 aliphatic carbocycles. The number of rotatable bonds is 4. The Morgan fingerprint density at radius 3 is 2.52 bits per heavy atom. The predicted molar refractivity (Wildman–Crippen MR) is 123 cm³/mol. The monoisotopic (exact) mass is 489 g/mol. The molecule has 33 heavy (non-hydrogen) atoms. The molecular weight excluding hydrogens is 475 g/mol. The Bertz CT molecular complexity index is 1280. The smallest absolute Gasteiger partial charge is 0.416 e. The highest BCUT2D eigenvalue weighted by Crippen LogP contribution is 2.38. The van der Waals surface area contributed by atoms with Crippen molar-refractivity contribution in [2.24, 2.45) is 0 Å². The number of methoxy groups -OCH3 is 1.